The summed E-state index contributed by atoms with van der Waals surface area (Å²) < 4.78 is 1.89. The summed E-state index contributed by atoms with van der Waals surface area (Å²) in [4.78, 5) is 19.9. The fourth-order valence-electron chi connectivity index (χ4n) is 3.87. The van der Waals surface area contributed by atoms with Crippen LogP contribution in [0.15, 0.2) is 42.6 Å². The van der Waals surface area contributed by atoms with Crippen molar-refractivity contribution >= 4 is 16.9 Å². The molecule has 0 saturated carbocycles. The van der Waals surface area contributed by atoms with Gasteiger partial charge >= 0.3 is 0 Å². The van der Waals surface area contributed by atoms with E-state index in [1.165, 1.54) is 5.56 Å². The minimum absolute atomic E-state index is 0.0456. The van der Waals surface area contributed by atoms with E-state index in [1.54, 1.807) is 6.20 Å². The second kappa shape index (κ2) is 7.72. The predicted octanol–water partition coefficient (Wildman–Crippen LogP) is 3.32. The molecule has 0 bridgehead atoms. The van der Waals surface area contributed by atoms with E-state index in [2.05, 4.69) is 58.4 Å². The van der Waals surface area contributed by atoms with Gasteiger partial charge in [0.25, 0.3) is 5.91 Å². The molecule has 146 valence electrons. The Balaban J connectivity index is 1.43. The molecular formula is C22H27N5O. The highest BCUT2D eigenvalue weighted by Gasteiger charge is 2.25. The number of pyridine rings is 1. The summed E-state index contributed by atoms with van der Waals surface area (Å²) in [5.74, 6) is -0.0456. The van der Waals surface area contributed by atoms with Crippen molar-refractivity contribution in [1.29, 1.82) is 0 Å². The number of nitrogens with one attached hydrogen (secondary N) is 1. The third-order valence-electron chi connectivity index (χ3n) is 5.35. The molecule has 1 fully saturated rings. The predicted molar refractivity (Wildman–Crippen MR) is 110 cm³/mol. The van der Waals surface area contributed by atoms with Crippen LogP contribution in [0.1, 0.15) is 47.9 Å². The number of hydrogen-bond donors (Lipinski definition) is 1. The van der Waals surface area contributed by atoms with Gasteiger partial charge in [-0.1, -0.05) is 30.3 Å². The van der Waals surface area contributed by atoms with Crippen LogP contribution in [0.4, 0.5) is 0 Å². The quantitative estimate of drug-likeness (QED) is 0.741. The third-order valence-corrected chi connectivity index (χ3v) is 5.35. The van der Waals surface area contributed by atoms with Crippen molar-refractivity contribution in [2.75, 3.05) is 13.1 Å². The van der Waals surface area contributed by atoms with Gasteiger partial charge in [-0.2, -0.15) is 5.10 Å². The molecule has 1 N–H and O–H groups in total. The Kier molecular flexibility index (Phi) is 5.13. The molecule has 4 rings (SSSR count). The number of aromatic nitrogens is 3. The van der Waals surface area contributed by atoms with Gasteiger partial charge in [0.2, 0.25) is 0 Å². The zero-order valence-corrected chi connectivity index (χ0v) is 16.7. The first-order chi connectivity index (χ1) is 13.5. The minimum atomic E-state index is -0.0456. The van der Waals surface area contributed by atoms with E-state index in [4.69, 9.17) is 0 Å². The van der Waals surface area contributed by atoms with Gasteiger partial charge in [0.15, 0.2) is 5.65 Å². The van der Waals surface area contributed by atoms with Crippen molar-refractivity contribution in [3.8, 4) is 0 Å². The van der Waals surface area contributed by atoms with Crippen LogP contribution in [-0.2, 0) is 6.54 Å². The number of nitrogens with zero attached hydrogens (tertiary/aromatic N) is 4. The van der Waals surface area contributed by atoms with E-state index in [-0.39, 0.29) is 18.0 Å². The average molecular weight is 377 g/mol. The number of amides is 1. The minimum Gasteiger partial charge on any atom is -0.348 e. The lowest BCUT2D eigenvalue weighted by Gasteiger charge is -2.17. The summed E-state index contributed by atoms with van der Waals surface area (Å²) in [6.45, 7) is 8.84. The van der Waals surface area contributed by atoms with Crippen LogP contribution < -0.4 is 5.32 Å². The summed E-state index contributed by atoms with van der Waals surface area (Å²) in [7, 11) is 0. The Hall–Kier alpha value is -2.73. The second-order valence-corrected chi connectivity index (χ2v) is 7.90. The molecule has 0 radical (unpaired) electrons. The Bertz CT molecular complexity index is 979. The molecule has 1 atom stereocenters. The number of fused-ring (bicyclic) bond motifs is 1. The van der Waals surface area contributed by atoms with Crippen LogP contribution in [-0.4, -0.2) is 44.7 Å². The first kappa shape index (κ1) is 18.6. The van der Waals surface area contributed by atoms with Gasteiger partial charge in [0.05, 0.1) is 17.5 Å². The lowest BCUT2D eigenvalue weighted by atomic mass is 10.1. The summed E-state index contributed by atoms with van der Waals surface area (Å²) in [5.41, 5.74) is 3.52. The third kappa shape index (κ3) is 3.78. The number of benzene rings is 1. The maximum Gasteiger partial charge on any atom is 0.253 e. The molecule has 3 aromatic rings. The zero-order chi connectivity index (χ0) is 19.7. The maximum absolute atomic E-state index is 12.9. The summed E-state index contributed by atoms with van der Waals surface area (Å²) in [5, 5.41) is 8.51. The van der Waals surface area contributed by atoms with Gasteiger partial charge in [0, 0.05) is 37.1 Å². The van der Waals surface area contributed by atoms with E-state index in [0.717, 1.165) is 42.8 Å². The van der Waals surface area contributed by atoms with E-state index >= 15 is 0 Å². The van der Waals surface area contributed by atoms with Crippen LogP contribution in [0.25, 0.3) is 11.0 Å². The highest BCUT2D eigenvalue weighted by Crippen LogP contribution is 2.20. The van der Waals surface area contributed by atoms with E-state index < -0.39 is 0 Å². The largest absolute Gasteiger partial charge is 0.348 e. The van der Waals surface area contributed by atoms with E-state index in [9.17, 15) is 4.79 Å². The van der Waals surface area contributed by atoms with Gasteiger partial charge in [-0.3, -0.25) is 9.69 Å². The van der Waals surface area contributed by atoms with Crippen molar-refractivity contribution in [1.82, 2.24) is 25.0 Å². The Labute approximate surface area is 165 Å². The Morgan fingerprint density at radius 1 is 1.29 bits per heavy atom. The SMILES string of the molecule is Cc1nc2c(cnn2C(C)C)cc1C(=O)NC1CCN(Cc2ccccc2)C1. The molecule has 6 heteroatoms. The molecule has 6 nitrogen and oxygen atoms in total. The van der Waals surface area contributed by atoms with Crippen LogP contribution in [0.3, 0.4) is 0 Å². The van der Waals surface area contributed by atoms with Crippen molar-refractivity contribution in [2.24, 2.45) is 0 Å². The number of likely N-dealkylation sites (tertiary alicyclic amines) is 1. The van der Waals surface area contributed by atoms with E-state index in [1.807, 2.05) is 23.7 Å². The van der Waals surface area contributed by atoms with Crippen LogP contribution in [0, 0.1) is 6.92 Å². The van der Waals surface area contributed by atoms with Gasteiger partial charge in [-0.15, -0.1) is 0 Å². The van der Waals surface area contributed by atoms with Gasteiger partial charge in [-0.25, -0.2) is 9.67 Å². The molecule has 1 unspecified atom stereocenters. The van der Waals surface area contributed by atoms with Crippen molar-refractivity contribution in [2.45, 2.75) is 45.8 Å². The molecule has 2 aromatic heterocycles. The summed E-state index contributed by atoms with van der Waals surface area (Å²) in [6.07, 6.45) is 2.76. The zero-order valence-electron chi connectivity index (χ0n) is 16.7. The molecule has 1 amide bonds. The number of rotatable bonds is 5. The summed E-state index contributed by atoms with van der Waals surface area (Å²) in [6, 6.07) is 12.8. The molecular weight excluding hydrogens is 350 g/mol. The van der Waals surface area contributed by atoms with Crippen molar-refractivity contribution in [3.05, 3.63) is 59.4 Å². The molecule has 0 spiro atoms. The molecule has 1 aliphatic rings. The molecule has 28 heavy (non-hydrogen) atoms. The number of carbonyl (C=O) groups excluding carboxylic acids is 1. The fourth-order valence-corrected chi connectivity index (χ4v) is 3.87. The molecule has 0 aliphatic carbocycles. The van der Waals surface area contributed by atoms with Crippen LogP contribution in [0.2, 0.25) is 0 Å². The van der Waals surface area contributed by atoms with Gasteiger partial charge in [-0.05, 0) is 38.8 Å². The number of carbonyl (C=O) groups is 1. The smallest absolute Gasteiger partial charge is 0.253 e. The highest BCUT2D eigenvalue weighted by atomic mass is 16.1. The van der Waals surface area contributed by atoms with Gasteiger partial charge in [0.1, 0.15) is 0 Å². The topological polar surface area (TPSA) is 63.1 Å². The molecule has 1 aliphatic heterocycles. The standard InChI is InChI=1S/C22H27N5O/c1-15(2)27-21-18(12-23-27)11-20(16(3)24-21)22(28)25-19-9-10-26(14-19)13-17-7-5-4-6-8-17/h4-8,11-12,15,19H,9-10,13-14H2,1-3H3,(H,25,28). The van der Waals surface area contributed by atoms with Crippen molar-refractivity contribution in [3.63, 3.8) is 0 Å². The first-order valence-corrected chi connectivity index (χ1v) is 9.93. The second-order valence-electron chi connectivity index (χ2n) is 7.90. The van der Waals surface area contributed by atoms with Gasteiger partial charge < -0.3 is 5.32 Å². The van der Waals surface area contributed by atoms with Crippen molar-refractivity contribution < 1.29 is 4.79 Å². The lowest BCUT2D eigenvalue weighted by molar-refractivity contribution is 0.0937. The monoisotopic (exact) mass is 377 g/mol. The van der Waals surface area contributed by atoms with Crippen LogP contribution >= 0.6 is 0 Å². The molecule has 1 aromatic carbocycles. The Morgan fingerprint density at radius 3 is 2.82 bits per heavy atom. The highest BCUT2D eigenvalue weighted by molar-refractivity contribution is 5.98. The molecule has 3 heterocycles. The summed E-state index contributed by atoms with van der Waals surface area (Å²) >= 11 is 0. The average Bonchev–Trinajstić information content (AvgIpc) is 3.28. The normalized spacial score (nSPS) is 17.5. The van der Waals surface area contributed by atoms with Crippen LogP contribution in [0.5, 0.6) is 0 Å². The fraction of sp³-hybridized carbons (Fsp3) is 0.409. The number of aryl methyl sites for hydroxylation is 1. The Morgan fingerprint density at radius 2 is 2.07 bits per heavy atom. The first-order valence-electron chi connectivity index (χ1n) is 9.93. The van der Waals surface area contributed by atoms with E-state index in [0.29, 0.717) is 5.56 Å². The maximum atomic E-state index is 12.9. The number of hydrogen-bond acceptors (Lipinski definition) is 4. The lowest BCUT2D eigenvalue weighted by Crippen LogP contribution is -2.37. The molecule has 1 saturated heterocycles.